The van der Waals surface area contributed by atoms with E-state index in [-0.39, 0.29) is 11.9 Å². The molecule has 17 heavy (non-hydrogen) atoms. The number of nitrogens with zero attached hydrogens (tertiary/aromatic N) is 2. The largest absolute Gasteiger partial charge is 0.464 e. The number of likely N-dealkylation sites (N-methyl/N-ethyl adjacent to an activating group) is 2. The highest BCUT2D eigenvalue weighted by molar-refractivity contribution is 5.72. The summed E-state index contributed by atoms with van der Waals surface area (Å²) >= 11 is 0. The second-order valence-electron chi connectivity index (χ2n) is 4.75. The third-order valence-electron chi connectivity index (χ3n) is 2.24. The molecular formula is C12H26N2O3. The normalized spacial score (nSPS) is 13.1. The van der Waals surface area contributed by atoms with Gasteiger partial charge in [-0.05, 0) is 35.1 Å². The first-order chi connectivity index (χ1) is 7.93. The molecule has 1 unspecified atom stereocenters. The van der Waals surface area contributed by atoms with Crippen molar-refractivity contribution in [3.05, 3.63) is 0 Å². The fourth-order valence-electron chi connectivity index (χ4n) is 1.05. The lowest BCUT2D eigenvalue weighted by molar-refractivity contribution is -0.150. The highest BCUT2D eigenvalue weighted by Gasteiger charge is 2.14. The molecule has 1 atom stereocenters. The molecule has 5 nitrogen and oxygen atoms in total. The van der Waals surface area contributed by atoms with Crippen LogP contribution in [0.25, 0.3) is 0 Å². The summed E-state index contributed by atoms with van der Waals surface area (Å²) in [6, 6.07) is 0. The molecule has 0 amide bonds. The Balaban J connectivity index is 3.53. The molecule has 0 aliphatic heterocycles. The number of carbonyl (C=O) groups is 1. The first kappa shape index (κ1) is 16.4. The van der Waals surface area contributed by atoms with E-state index in [9.17, 15) is 4.79 Å². The Hall–Kier alpha value is -0.650. The summed E-state index contributed by atoms with van der Waals surface area (Å²) < 4.78 is 10.5. The van der Waals surface area contributed by atoms with Crippen LogP contribution in [0.5, 0.6) is 0 Å². The minimum Gasteiger partial charge on any atom is -0.464 e. The number of rotatable bonds is 9. The third kappa shape index (κ3) is 10.2. The van der Waals surface area contributed by atoms with Crippen LogP contribution in [0.2, 0.25) is 0 Å². The summed E-state index contributed by atoms with van der Waals surface area (Å²) in [6.07, 6.45) is 0. The van der Waals surface area contributed by atoms with Crippen LogP contribution in [0.1, 0.15) is 6.92 Å². The van der Waals surface area contributed by atoms with E-state index >= 15 is 0 Å². The van der Waals surface area contributed by atoms with Crippen molar-refractivity contribution in [1.29, 1.82) is 0 Å². The van der Waals surface area contributed by atoms with Crippen LogP contribution in [0.15, 0.2) is 0 Å². The Morgan fingerprint density at radius 1 is 1.06 bits per heavy atom. The average Bonchev–Trinajstić information content (AvgIpc) is 2.23. The van der Waals surface area contributed by atoms with Crippen molar-refractivity contribution < 1.29 is 14.3 Å². The van der Waals surface area contributed by atoms with E-state index in [1.165, 1.54) is 0 Å². The van der Waals surface area contributed by atoms with E-state index < -0.39 is 0 Å². The molecule has 0 saturated carbocycles. The zero-order valence-electron chi connectivity index (χ0n) is 11.7. The van der Waals surface area contributed by atoms with Gasteiger partial charge in [0.1, 0.15) is 6.61 Å². The lowest BCUT2D eigenvalue weighted by atomic mass is 10.2. The molecule has 0 aliphatic rings. The molecule has 0 heterocycles. The van der Waals surface area contributed by atoms with Crippen molar-refractivity contribution >= 4 is 5.97 Å². The molecule has 0 aliphatic carbocycles. The molecule has 0 aromatic carbocycles. The lowest BCUT2D eigenvalue weighted by Gasteiger charge is -2.15. The van der Waals surface area contributed by atoms with Crippen molar-refractivity contribution in [1.82, 2.24) is 9.80 Å². The Morgan fingerprint density at radius 3 is 2.12 bits per heavy atom. The molecule has 0 bridgehead atoms. The fraction of sp³-hybridized carbons (Fsp3) is 0.917. The molecular weight excluding hydrogens is 220 g/mol. The van der Waals surface area contributed by atoms with Crippen molar-refractivity contribution in [3.8, 4) is 0 Å². The molecule has 0 aromatic heterocycles. The SMILES string of the molecule is CC(COCCN(C)C)C(=O)OCCN(C)C. The van der Waals surface area contributed by atoms with Gasteiger partial charge in [-0.25, -0.2) is 0 Å². The second kappa shape index (κ2) is 9.39. The summed E-state index contributed by atoms with van der Waals surface area (Å²) in [5.74, 6) is -0.379. The molecule has 0 rings (SSSR count). The molecule has 0 aromatic rings. The van der Waals surface area contributed by atoms with Gasteiger partial charge in [-0.2, -0.15) is 0 Å². The summed E-state index contributed by atoms with van der Waals surface area (Å²) in [4.78, 5) is 15.5. The van der Waals surface area contributed by atoms with Gasteiger partial charge in [-0.3, -0.25) is 4.79 Å². The van der Waals surface area contributed by atoms with Gasteiger partial charge >= 0.3 is 5.97 Å². The number of hydrogen-bond acceptors (Lipinski definition) is 5. The van der Waals surface area contributed by atoms with Crippen molar-refractivity contribution in [2.45, 2.75) is 6.92 Å². The van der Waals surface area contributed by atoms with Gasteiger partial charge in [0.15, 0.2) is 0 Å². The summed E-state index contributed by atoms with van der Waals surface area (Å²) in [6.45, 7) is 4.95. The topological polar surface area (TPSA) is 42.0 Å². The molecule has 0 saturated heterocycles. The minimum absolute atomic E-state index is 0.184. The van der Waals surface area contributed by atoms with E-state index in [2.05, 4.69) is 0 Å². The lowest BCUT2D eigenvalue weighted by Crippen LogP contribution is -2.26. The monoisotopic (exact) mass is 246 g/mol. The second-order valence-corrected chi connectivity index (χ2v) is 4.75. The van der Waals surface area contributed by atoms with Crippen LogP contribution < -0.4 is 0 Å². The van der Waals surface area contributed by atoms with Crippen LogP contribution in [-0.4, -0.2) is 76.9 Å². The summed E-state index contributed by atoms with van der Waals surface area (Å²) in [7, 11) is 7.87. The predicted molar refractivity (Wildman–Crippen MR) is 68.1 cm³/mol. The van der Waals surface area contributed by atoms with E-state index in [0.29, 0.717) is 19.8 Å². The molecule has 102 valence electrons. The zero-order chi connectivity index (χ0) is 13.3. The highest BCUT2D eigenvalue weighted by atomic mass is 16.5. The fourth-order valence-corrected chi connectivity index (χ4v) is 1.05. The minimum atomic E-state index is -0.195. The van der Waals surface area contributed by atoms with Gasteiger partial charge in [-0.15, -0.1) is 0 Å². The molecule has 0 spiro atoms. The molecule has 0 radical (unpaired) electrons. The van der Waals surface area contributed by atoms with Crippen molar-refractivity contribution in [3.63, 3.8) is 0 Å². The maximum atomic E-state index is 11.5. The first-order valence-corrected chi connectivity index (χ1v) is 5.97. The summed E-state index contributed by atoms with van der Waals surface area (Å²) in [5.41, 5.74) is 0. The van der Waals surface area contributed by atoms with Crippen LogP contribution in [0.4, 0.5) is 0 Å². The number of carbonyl (C=O) groups excluding carboxylic acids is 1. The number of ether oxygens (including phenoxy) is 2. The zero-order valence-corrected chi connectivity index (χ0v) is 11.7. The van der Waals surface area contributed by atoms with Gasteiger partial charge < -0.3 is 19.3 Å². The quantitative estimate of drug-likeness (QED) is 0.432. The van der Waals surface area contributed by atoms with E-state index in [0.717, 1.165) is 13.1 Å². The number of hydrogen-bond donors (Lipinski definition) is 0. The van der Waals surface area contributed by atoms with Crippen molar-refractivity contribution in [2.75, 3.05) is 61.1 Å². The van der Waals surface area contributed by atoms with Gasteiger partial charge in [-0.1, -0.05) is 0 Å². The summed E-state index contributed by atoms with van der Waals surface area (Å²) in [5, 5.41) is 0. The average molecular weight is 246 g/mol. The van der Waals surface area contributed by atoms with Gasteiger partial charge in [0.25, 0.3) is 0 Å². The Kier molecular flexibility index (Phi) is 9.03. The van der Waals surface area contributed by atoms with Crippen LogP contribution in [-0.2, 0) is 14.3 Å². The first-order valence-electron chi connectivity index (χ1n) is 5.97. The van der Waals surface area contributed by atoms with Crippen LogP contribution in [0, 0.1) is 5.92 Å². The molecule has 5 heteroatoms. The van der Waals surface area contributed by atoms with Gasteiger partial charge in [0.2, 0.25) is 0 Å². The number of esters is 1. The van der Waals surface area contributed by atoms with E-state index in [1.807, 2.05) is 44.9 Å². The van der Waals surface area contributed by atoms with Crippen LogP contribution >= 0.6 is 0 Å². The maximum Gasteiger partial charge on any atom is 0.311 e. The van der Waals surface area contributed by atoms with E-state index in [4.69, 9.17) is 9.47 Å². The van der Waals surface area contributed by atoms with Gasteiger partial charge in [0, 0.05) is 13.1 Å². The Morgan fingerprint density at radius 2 is 1.59 bits per heavy atom. The Bertz CT molecular complexity index is 208. The van der Waals surface area contributed by atoms with E-state index in [1.54, 1.807) is 0 Å². The standard InChI is InChI=1S/C12H26N2O3/c1-11(10-16-8-6-13(2)3)12(15)17-9-7-14(4)5/h11H,6-10H2,1-5H3. The highest BCUT2D eigenvalue weighted by Crippen LogP contribution is 1.99. The molecule has 0 N–H and O–H groups in total. The maximum absolute atomic E-state index is 11.5. The third-order valence-corrected chi connectivity index (χ3v) is 2.24. The smallest absolute Gasteiger partial charge is 0.311 e. The Labute approximate surface area is 105 Å². The predicted octanol–water partition coefficient (Wildman–Crippen LogP) is 0.306. The molecule has 0 fully saturated rings. The van der Waals surface area contributed by atoms with Gasteiger partial charge in [0.05, 0.1) is 19.1 Å². The van der Waals surface area contributed by atoms with Crippen molar-refractivity contribution in [2.24, 2.45) is 5.92 Å². The van der Waals surface area contributed by atoms with Crippen LogP contribution in [0.3, 0.4) is 0 Å².